The molecule has 0 saturated heterocycles. The fraction of sp³-hybridized carbons (Fsp3) is 0.130. The number of aryl methyl sites for hydroxylation is 3. The Kier molecular flexibility index (Phi) is 4.36. The van der Waals surface area contributed by atoms with Crippen LogP contribution in [0.1, 0.15) is 11.1 Å². The van der Waals surface area contributed by atoms with Crippen LogP contribution in [-0.4, -0.2) is 9.55 Å². The van der Waals surface area contributed by atoms with E-state index in [2.05, 4.69) is 52.9 Å². The average molecular weight is 340 g/mol. The zero-order valence-electron chi connectivity index (χ0n) is 14.7. The molecule has 1 heterocycles. The van der Waals surface area contributed by atoms with Crippen molar-refractivity contribution in [1.29, 1.82) is 0 Å². The van der Waals surface area contributed by atoms with Gasteiger partial charge in [-0.2, -0.15) is 4.98 Å². The van der Waals surface area contributed by atoms with E-state index >= 15 is 0 Å². The highest BCUT2D eigenvalue weighted by Crippen LogP contribution is 2.22. The number of hydrogen-bond donors (Lipinski definition) is 0. The minimum atomic E-state index is -0.174. The Morgan fingerprint density at radius 2 is 1.54 bits per heavy atom. The van der Waals surface area contributed by atoms with Gasteiger partial charge in [0.05, 0.1) is 10.9 Å². The Balaban J connectivity index is 1.86. The first-order valence-corrected chi connectivity index (χ1v) is 8.83. The molecule has 0 bridgehead atoms. The molecular formula is C23H20N2O. The summed E-state index contributed by atoms with van der Waals surface area (Å²) in [6.45, 7) is 2.82. The van der Waals surface area contributed by atoms with E-state index in [4.69, 9.17) is 0 Å². The normalized spacial score (nSPS) is 11.0. The molecule has 0 atom stereocenters. The molecule has 0 fully saturated rings. The Bertz CT molecular complexity index is 1100. The highest BCUT2D eigenvalue weighted by atomic mass is 16.1. The standard InChI is InChI=1S/C23H20N2O/c1-17-11-13-19(14-12-17)22-24-23(26)20-9-5-6-10-21(20)25(22)16-15-18-7-3-2-4-8-18/h2-14H,15-16H2,1H3. The molecule has 0 aliphatic carbocycles. The van der Waals surface area contributed by atoms with Crippen LogP contribution in [0.25, 0.3) is 22.3 Å². The van der Waals surface area contributed by atoms with Crippen molar-refractivity contribution in [3.8, 4) is 11.4 Å². The Labute approximate surface area is 152 Å². The number of benzene rings is 3. The number of rotatable bonds is 4. The lowest BCUT2D eigenvalue weighted by molar-refractivity contribution is 0.709. The third kappa shape index (κ3) is 3.16. The quantitative estimate of drug-likeness (QED) is 0.543. The third-order valence-electron chi connectivity index (χ3n) is 4.67. The maximum Gasteiger partial charge on any atom is 0.281 e. The number of para-hydroxylation sites is 1. The van der Waals surface area contributed by atoms with Crippen LogP contribution in [0, 0.1) is 6.92 Å². The maximum atomic E-state index is 12.5. The second-order valence-electron chi connectivity index (χ2n) is 6.51. The number of fused-ring (bicyclic) bond motifs is 1. The van der Waals surface area contributed by atoms with Gasteiger partial charge in [-0.1, -0.05) is 72.3 Å². The van der Waals surface area contributed by atoms with Crippen molar-refractivity contribution in [2.75, 3.05) is 0 Å². The van der Waals surface area contributed by atoms with Crippen molar-refractivity contribution < 1.29 is 0 Å². The molecule has 3 heteroatoms. The summed E-state index contributed by atoms with van der Waals surface area (Å²) < 4.78 is 2.16. The van der Waals surface area contributed by atoms with Gasteiger partial charge in [0.1, 0.15) is 5.82 Å². The summed E-state index contributed by atoms with van der Waals surface area (Å²) in [6.07, 6.45) is 0.883. The van der Waals surface area contributed by atoms with E-state index in [0.29, 0.717) is 5.39 Å². The highest BCUT2D eigenvalue weighted by Gasteiger charge is 2.12. The summed E-state index contributed by atoms with van der Waals surface area (Å²) in [7, 11) is 0. The Hall–Kier alpha value is -3.20. The molecule has 4 aromatic rings. The van der Waals surface area contributed by atoms with E-state index in [9.17, 15) is 4.79 Å². The Morgan fingerprint density at radius 1 is 0.846 bits per heavy atom. The molecule has 0 unspecified atom stereocenters. The van der Waals surface area contributed by atoms with Crippen LogP contribution in [0.3, 0.4) is 0 Å². The number of nitrogens with zero attached hydrogens (tertiary/aromatic N) is 2. The fourth-order valence-corrected chi connectivity index (χ4v) is 3.26. The van der Waals surface area contributed by atoms with Gasteiger partial charge in [0.25, 0.3) is 5.56 Å². The highest BCUT2D eigenvalue weighted by molar-refractivity contribution is 5.80. The van der Waals surface area contributed by atoms with Crippen molar-refractivity contribution in [3.05, 3.63) is 100 Å². The van der Waals surface area contributed by atoms with Crippen LogP contribution in [0.15, 0.2) is 83.7 Å². The van der Waals surface area contributed by atoms with Crippen molar-refractivity contribution in [2.45, 2.75) is 19.9 Å². The van der Waals surface area contributed by atoms with Gasteiger partial charge in [-0.05, 0) is 31.0 Å². The van der Waals surface area contributed by atoms with Gasteiger partial charge in [-0.15, -0.1) is 0 Å². The molecule has 0 radical (unpaired) electrons. The molecule has 4 rings (SSSR count). The van der Waals surface area contributed by atoms with Gasteiger partial charge in [-0.3, -0.25) is 4.79 Å². The molecule has 0 amide bonds. The molecule has 1 aromatic heterocycles. The molecule has 0 aliphatic rings. The lowest BCUT2D eigenvalue weighted by atomic mass is 10.1. The first-order chi connectivity index (χ1) is 12.7. The maximum absolute atomic E-state index is 12.5. The molecule has 0 saturated carbocycles. The molecule has 0 spiro atoms. The molecule has 3 nitrogen and oxygen atoms in total. The molecule has 0 N–H and O–H groups in total. The summed E-state index contributed by atoms with van der Waals surface area (Å²) in [5, 5.41) is 0.663. The fourth-order valence-electron chi connectivity index (χ4n) is 3.26. The average Bonchev–Trinajstić information content (AvgIpc) is 2.69. The summed E-state index contributed by atoms with van der Waals surface area (Å²) in [5.41, 5.74) is 4.18. The number of hydrogen-bond acceptors (Lipinski definition) is 2. The summed E-state index contributed by atoms with van der Waals surface area (Å²) in [4.78, 5) is 17.0. The van der Waals surface area contributed by atoms with Gasteiger partial charge in [-0.25, -0.2) is 0 Å². The van der Waals surface area contributed by atoms with Gasteiger partial charge >= 0.3 is 0 Å². The first-order valence-electron chi connectivity index (χ1n) is 8.83. The zero-order valence-corrected chi connectivity index (χ0v) is 14.7. The SMILES string of the molecule is Cc1ccc(-c2nc(=O)c3ccccc3n2CCc2ccccc2)cc1. The smallest absolute Gasteiger partial charge is 0.281 e. The van der Waals surface area contributed by atoms with E-state index in [1.807, 2.05) is 42.5 Å². The van der Waals surface area contributed by atoms with Crippen LogP contribution in [0.5, 0.6) is 0 Å². The van der Waals surface area contributed by atoms with Crippen LogP contribution >= 0.6 is 0 Å². The van der Waals surface area contributed by atoms with Gasteiger partial charge in [0.15, 0.2) is 0 Å². The van der Waals surface area contributed by atoms with Crippen molar-refractivity contribution in [2.24, 2.45) is 0 Å². The van der Waals surface area contributed by atoms with Gasteiger partial charge in [0, 0.05) is 12.1 Å². The van der Waals surface area contributed by atoms with E-state index < -0.39 is 0 Å². The lowest BCUT2D eigenvalue weighted by Gasteiger charge is -2.16. The van der Waals surface area contributed by atoms with Crippen LogP contribution in [0.2, 0.25) is 0 Å². The monoisotopic (exact) mass is 340 g/mol. The van der Waals surface area contributed by atoms with Crippen molar-refractivity contribution in [1.82, 2.24) is 9.55 Å². The molecular weight excluding hydrogens is 320 g/mol. The molecule has 26 heavy (non-hydrogen) atoms. The van der Waals surface area contributed by atoms with Crippen LogP contribution in [0.4, 0.5) is 0 Å². The minimum absolute atomic E-state index is 0.174. The molecule has 128 valence electrons. The van der Waals surface area contributed by atoms with Crippen LogP contribution in [-0.2, 0) is 13.0 Å². The van der Waals surface area contributed by atoms with E-state index in [1.165, 1.54) is 11.1 Å². The second kappa shape index (κ2) is 6.96. The van der Waals surface area contributed by atoms with Crippen molar-refractivity contribution in [3.63, 3.8) is 0 Å². The summed E-state index contributed by atoms with van der Waals surface area (Å²) in [6, 6.07) is 26.3. The largest absolute Gasteiger partial charge is 0.325 e. The summed E-state index contributed by atoms with van der Waals surface area (Å²) >= 11 is 0. The third-order valence-corrected chi connectivity index (χ3v) is 4.67. The van der Waals surface area contributed by atoms with Gasteiger partial charge in [0.2, 0.25) is 0 Å². The topological polar surface area (TPSA) is 34.9 Å². The van der Waals surface area contributed by atoms with Crippen molar-refractivity contribution >= 4 is 10.9 Å². The summed E-state index contributed by atoms with van der Waals surface area (Å²) in [5.74, 6) is 0.727. The van der Waals surface area contributed by atoms with E-state index in [-0.39, 0.29) is 5.56 Å². The lowest BCUT2D eigenvalue weighted by Crippen LogP contribution is -2.17. The van der Waals surface area contributed by atoms with E-state index in [1.54, 1.807) is 0 Å². The second-order valence-corrected chi connectivity index (χ2v) is 6.51. The molecule has 0 aliphatic heterocycles. The predicted molar refractivity (Wildman–Crippen MR) is 106 cm³/mol. The number of aromatic nitrogens is 2. The minimum Gasteiger partial charge on any atom is -0.325 e. The molecule has 3 aromatic carbocycles. The zero-order chi connectivity index (χ0) is 17.9. The first kappa shape index (κ1) is 16.3. The predicted octanol–water partition coefficient (Wildman–Crippen LogP) is 4.61. The van der Waals surface area contributed by atoms with Gasteiger partial charge < -0.3 is 4.57 Å². The Morgan fingerprint density at radius 3 is 2.31 bits per heavy atom. The van der Waals surface area contributed by atoms with Crippen LogP contribution < -0.4 is 5.56 Å². The van der Waals surface area contributed by atoms with E-state index in [0.717, 1.165) is 29.9 Å².